The number of nitrogens with one attached hydrogen (secondary N) is 1. The molecule has 3 aromatic rings. The lowest BCUT2D eigenvalue weighted by Crippen LogP contribution is -2.26. The second kappa shape index (κ2) is 9.79. The number of esters is 1. The zero-order chi connectivity index (χ0) is 21.3. The number of benzene rings is 3. The third-order valence-corrected chi connectivity index (χ3v) is 4.13. The highest BCUT2D eigenvalue weighted by Gasteiger charge is 2.12. The van der Waals surface area contributed by atoms with E-state index >= 15 is 0 Å². The first-order valence-corrected chi connectivity index (χ1v) is 9.09. The van der Waals surface area contributed by atoms with Gasteiger partial charge < -0.3 is 10.5 Å². The molecule has 0 bridgehead atoms. The molecule has 150 valence electrons. The third kappa shape index (κ3) is 5.39. The normalized spacial score (nSPS) is 10.0. The largest absolute Gasteiger partial charge is 0.452 e. The Hall–Kier alpha value is -4.26. The highest BCUT2D eigenvalue weighted by atomic mass is 16.5. The van der Waals surface area contributed by atoms with Gasteiger partial charge in [0.15, 0.2) is 6.61 Å². The molecular formula is C23H19N3O4. The number of primary amides is 1. The average molecular weight is 401 g/mol. The molecule has 0 atom stereocenters. The number of carbonyl (C=O) groups is 3. The van der Waals surface area contributed by atoms with Gasteiger partial charge in [-0.25, -0.2) is 10.2 Å². The van der Waals surface area contributed by atoms with E-state index in [0.29, 0.717) is 5.71 Å². The van der Waals surface area contributed by atoms with Crippen LogP contribution in [-0.2, 0) is 9.53 Å². The molecule has 0 aliphatic rings. The van der Waals surface area contributed by atoms with Crippen molar-refractivity contribution in [2.75, 3.05) is 6.61 Å². The zero-order valence-corrected chi connectivity index (χ0v) is 15.9. The van der Waals surface area contributed by atoms with Crippen LogP contribution < -0.4 is 11.2 Å². The summed E-state index contributed by atoms with van der Waals surface area (Å²) < 4.78 is 5.00. The van der Waals surface area contributed by atoms with Crippen molar-refractivity contribution in [2.24, 2.45) is 10.8 Å². The Kier molecular flexibility index (Phi) is 6.68. The van der Waals surface area contributed by atoms with Crippen LogP contribution in [0.15, 0.2) is 90.0 Å². The number of carbonyl (C=O) groups excluding carboxylic acids is 3. The molecule has 3 aromatic carbocycles. The van der Waals surface area contributed by atoms with Crippen LogP contribution in [0.2, 0.25) is 0 Å². The van der Waals surface area contributed by atoms with Crippen LogP contribution in [0.25, 0.3) is 0 Å². The molecule has 0 aliphatic heterocycles. The minimum Gasteiger partial charge on any atom is -0.452 e. The molecule has 0 saturated heterocycles. The molecule has 3 rings (SSSR count). The molecular weight excluding hydrogens is 382 g/mol. The predicted molar refractivity (Wildman–Crippen MR) is 112 cm³/mol. The molecule has 0 aromatic heterocycles. The van der Waals surface area contributed by atoms with Crippen LogP contribution >= 0.6 is 0 Å². The second-order valence-electron chi connectivity index (χ2n) is 6.25. The average Bonchev–Trinajstić information content (AvgIpc) is 2.79. The van der Waals surface area contributed by atoms with Gasteiger partial charge in [-0.2, -0.15) is 5.10 Å². The first kappa shape index (κ1) is 20.5. The summed E-state index contributed by atoms with van der Waals surface area (Å²) in [6.45, 7) is -0.503. The first-order chi connectivity index (χ1) is 14.5. The van der Waals surface area contributed by atoms with E-state index in [4.69, 9.17) is 10.5 Å². The fourth-order valence-corrected chi connectivity index (χ4v) is 2.62. The Balaban J connectivity index is 1.64. The van der Waals surface area contributed by atoms with E-state index in [1.165, 1.54) is 24.3 Å². The first-order valence-electron chi connectivity index (χ1n) is 9.09. The van der Waals surface area contributed by atoms with Gasteiger partial charge in [-0.3, -0.25) is 9.59 Å². The molecule has 7 heteroatoms. The number of ether oxygens (including phenoxy) is 1. The van der Waals surface area contributed by atoms with Crippen molar-refractivity contribution >= 4 is 23.5 Å². The lowest BCUT2D eigenvalue weighted by Gasteiger charge is -2.08. The number of nitrogens with zero attached hydrogens (tertiary/aromatic N) is 1. The van der Waals surface area contributed by atoms with Crippen molar-refractivity contribution in [1.29, 1.82) is 0 Å². The molecule has 7 nitrogen and oxygen atoms in total. The van der Waals surface area contributed by atoms with E-state index < -0.39 is 24.4 Å². The lowest BCUT2D eigenvalue weighted by molar-refractivity contribution is -0.124. The summed E-state index contributed by atoms with van der Waals surface area (Å²) in [5.41, 5.74) is 10.3. The van der Waals surface area contributed by atoms with E-state index in [2.05, 4.69) is 10.5 Å². The van der Waals surface area contributed by atoms with Crippen molar-refractivity contribution < 1.29 is 19.1 Å². The van der Waals surface area contributed by atoms with Crippen LogP contribution in [0.3, 0.4) is 0 Å². The topological polar surface area (TPSA) is 111 Å². The Labute approximate surface area is 173 Å². The highest BCUT2D eigenvalue weighted by molar-refractivity contribution is 6.13. The smallest absolute Gasteiger partial charge is 0.338 e. The summed E-state index contributed by atoms with van der Waals surface area (Å²) >= 11 is 0. The molecule has 0 aliphatic carbocycles. The van der Waals surface area contributed by atoms with Crippen molar-refractivity contribution in [3.05, 3.63) is 107 Å². The van der Waals surface area contributed by atoms with Crippen LogP contribution in [0.5, 0.6) is 0 Å². The van der Waals surface area contributed by atoms with Gasteiger partial charge in [0.25, 0.3) is 5.91 Å². The van der Waals surface area contributed by atoms with Crippen LogP contribution in [0.1, 0.15) is 31.8 Å². The van der Waals surface area contributed by atoms with Gasteiger partial charge in [0.05, 0.1) is 11.3 Å². The number of hydrazone groups is 1. The third-order valence-electron chi connectivity index (χ3n) is 4.13. The molecule has 30 heavy (non-hydrogen) atoms. The highest BCUT2D eigenvalue weighted by Crippen LogP contribution is 2.10. The Morgan fingerprint density at radius 1 is 0.733 bits per heavy atom. The minimum absolute atomic E-state index is 0.200. The van der Waals surface area contributed by atoms with Gasteiger partial charge in [-0.15, -0.1) is 0 Å². The van der Waals surface area contributed by atoms with Gasteiger partial charge in [0.2, 0.25) is 5.91 Å². The summed E-state index contributed by atoms with van der Waals surface area (Å²) in [5.74, 6) is -1.88. The number of amides is 2. The summed E-state index contributed by atoms with van der Waals surface area (Å²) in [6.07, 6.45) is 0. The maximum Gasteiger partial charge on any atom is 0.338 e. The molecule has 0 unspecified atom stereocenters. The molecule has 0 saturated carbocycles. The van der Waals surface area contributed by atoms with Crippen LogP contribution in [-0.4, -0.2) is 30.1 Å². The van der Waals surface area contributed by atoms with Gasteiger partial charge in [-0.1, -0.05) is 60.7 Å². The van der Waals surface area contributed by atoms with Gasteiger partial charge in [-0.05, 0) is 24.3 Å². The molecule has 0 fully saturated rings. The molecule has 3 N–H and O–H groups in total. The summed E-state index contributed by atoms with van der Waals surface area (Å²) in [4.78, 5) is 35.3. The quantitative estimate of drug-likeness (QED) is 0.360. The number of hydrogen-bond acceptors (Lipinski definition) is 5. The van der Waals surface area contributed by atoms with Crippen molar-refractivity contribution in [3.63, 3.8) is 0 Å². The molecule has 0 spiro atoms. The van der Waals surface area contributed by atoms with Crippen LogP contribution in [0, 0.1) is 0 Å². The molecule has 0 radical (unpaired) electrons. The standard InChI is InChI=1S/C23H19N3O4/c24-22(28)18-11-13-19(14-12-18)23(29)30-15-20(27)25-26-21(16-7-3-1-4-8-16)17-9-5-2-6-10-17/h1-14H,15H2,(H2,24,28)(H,25,27). The fourth-order valence-electron chi connectivity index (χ4n) is 2.62. The van der Waals surface area contributed by atoms with Crippen molar-refractivity contribution in [2.45, 2.75) is 0 Å². The monoisotopic (exact) mass is 401 g/mol. The zero-order valence-electron chi connectivity index (χ0n) is 15.9. The van der Waals surface area contributed by atoms with E-state index in [1.807, 2.05) is 60.7 Å². The summed E-state index contributed by atoms with van der Waals surface area (Å²) in [6, 6.07) is 24.4. The van der Waals surface area contributed by atoms with E-state index in [9.17, 15) is 14.4 Å². The van der Waals surface area contributed by atoms with Gasteiger partial charge >= 0.3 is 5.97 Å². The minimum atomic E-state index is -0.698. The van der Waals surface area contributed by atoms with E-state index in [-0.39, 0.29) is 11.1 Å². The summed E-state index contributed by atoms with van der Waals surface area (Å²) in [5, 5.41) is 4.22. The number of hydrogen-bond donors (Lipinski definition) is 2. The van der Waals surface area contributed by atoms with E-state index in [0.717, 1.165) is 11.1 Å². The Morgan fingerprint density at radius 2 is 1.23 bits per heavy atom. The van der Waals surface area contributed by atoms with E-state index in [1.54, 1.807) is 0 Å². The van der Waals surface area contributed by atoms with Gasteiger partial charge in [0.1, 0.15) is 0 Å². The lowest BCUT2D eigenvalue weighted by atomic mass is 10.0. The fraction of sp³-hybridized carbons (Fsp3) is 0.0435. The Bertz CT molecular complexity index is 1020. The number of rotatable bonds is 7. The molecule has 2 amide bonds. The maximum atomic E-state index is 12.1. The Morgan fingerprint density at radius 3 is 1.73 bits per heavy atom. The summed E-state index contributed by atoms with van der Waals surface area (Å²) in [7, 11) is 0. The van der Waals surface area contributed by atoms with Crippen molar-refractivity contribution in [1.82, 2.24) is 5.43 Å². The molecule has 0 heterocycles. The SMILES string of the molecule is NC(=O)c1ccc(C(=O)OCC(=O)NN=C(c2ccccc2)c2ccccc2)cc1. The second-order valence-corrected chi connectivity index (χ2v) is 6.25. The maximum absolute atomic E-state index is 12.1. The number of nitrogens with two attached hydrogens (primary N) is 1. The van der Waals surface area contributed by atoms with Crippen molar-refractivity contribution in [3.8, 4) is 0 Å². The predicted octanol–water partition coefficient (Wildman–Crippen LogP) is 2.51. The van der Waals surface area contributed by atoms with Gasteiger partial charge in [0, 0.05) is 16.7 Å². The van der Waals surface area contributed by atoms with Crippen LogP contribution in [0.4, 0.5) is 0 Å².